The fourth-order valence-electron chi connectivity index (χ4n) is 4.11. The maximum absolute atomic E-state index is 11.8. The summed E-state index contributed by atoms with van der Waals surface area (Å²) in [6.07, 6.45) is 1.08. The van der Waals surface area contributed by atoms with Gasteiger partial charge in [0.15, 0.2) is 0 Å². The minimum atomic E-state index is -0.310. The normalized spacial score (nSPS) is 15.0. The van der Waals surface area contributed by atoms with Crippen LogP contribution in [0.3, 0.4) is 0 Å². The maximum Gasteiger partial charge on any atom is 0.292 e. The van der Waals surface area contributed by atoms with Crippen molar-refractivity contribution in [3.8, 4) is 0 Å². The fraction of sp³-hybridized carbons (Fsp3) is 0.280. The molecule has 0 bridgehead atoms. The zero-order valence-electron chi connectivity index (χ0n) is 17.8. The molecular formula is C25H28N4O2. The molecule has 6 heteroatoms. The van der Waals surface area contributed by atoms with Gasteiger partial charge in [0.1, 0.15) is 5.69 Å². The van der Waals surface area contributed by atoms with Crippen molar-refractivity contribution in [2.24, 2.45) is 0 Å². The zero-order valence-corrected chi connectivity index (χ0v) is 17.8. The standard InChI is InChI=1S/C25H28N4O2/c1-27-15-8-16-28(18-17-27)22-13-14-24(29(30)31)23(19-22)26-25(20-9-4-2-5-10-20)21-11-6-3-7-12-21/h2-7,9-14,19,25-26H,8,15-18H2,1H3. The Balaban J connectivity index is 1.71. The second-order valence-corrected chi connectivity index (χ2v) is 8.00. The quantitative estimate of drug-likeness (QED) is 0.456. The highest BCUT2D eigenvalue weighted by Crippen LogP contribution is 2.35. The van der Waals surface area contributed by atoms with Gasteiger partial charge in [0.05, 0.1) is 11.0 Å². The maximum atomic E-state index is 11.8. The van der Waals surface area contributed by atoms with Crippen LogP contribution in [0.4, 0.5) is 17.1 Å². The van der Waals surface area contributed by atoms with Crippen LogP contribution < -0.4 is 10.2 Å². The molecule has 0 radical (unpaired) electrons. The lowest BCUT2D eigenvalue weighted by Gasteiger charge is -2.25. The fourth-order valence-corrected chi connectivity index (χ4v) is 4.11. The van der Waals surface area contributed by atoms with Crippen molar-refractivity contribution in [3.05, 3.63) is 100 Å². The molecule has 0 amide bonds. The molecule has 0 unspecified atom stereocenters. The molecule has 0 saturated carbocycles. The van der Waals surface area contributed by atoms with Gasteiger partial charge >= 0.3 is 0 Å². The first-order valence-electron chi connectivity index (χ1n) is 10.7. The smallest absolute Gasteiger partial charge is 0.292 e. The molecule has 1 heterocycles. The Morgan fingerprint density at radius 2 is 1.52 bits per heavy atom. The summed E-state index contributed by atoms with van der Waals surface area (Å²) >= 11 is 0. The van der Waals surface area contributed by atoms with E-state index in [4.69, 9.17) is 0 Å². The van der Waals surface area contributed by atoms with Crippen LogP contribution in [0.15, 0.2) is 78.9 Å². The highest BCUT2D eigenvalue weighted by molar-refractivity contribution is 5.70. The molecular weight excluding hydrogens is 388 g/mol. The van der Waals surface area contributed by atoms with Crippen LogP contribution in [-0.4, -0.2) is 43.0 Å². The van der Waals surface area contributed by atoms with Crippen molar-refractivity contribution >= 4 is 17.1 Å². The molecule has 3 aromatic rings. The second kappa shape index (κ2) is 9.62. The van der Waals surface area contributed by atoms with E-state index >= 15 is 0 Å². The van der Waals surface area contributed by atoms with Crippen molar-refractivity contribution in [2.45, 2.75) is 12.5 Å². The topological polar surface area (TPSA) is 61.7 Å². The van der Waals surface area contributed by atoms with Crippen LogP contribution in [0.2, 0.25) is 0 Å². The molecule has 3 aromatic carbocycles. The van der Waals surface area contributed by atoms with E-state index in [0.29, 0.717) is 5.69 Å². The van der Waals surface area contributed by atoms with Gasteiger partial charge in [0, 0.05) is 31.4 Å². The van der Waals surface area contributed by atoms with E-state index in [1.54, 1.807) is 6.07 Å². The molecule has 1 aliphatic rings. The van der Waals surface area contributed by atoms with Crippen molar-refractivity contribution in [1.82, 2.24) is 4.90 Å². The summed E-state index contributed by atoms with van der Waals surface area (Å²) in [5.41, 5.74) is 3.77. The van der Waals surface area contributed by atoms with Gasteiger partial charge in [0.25, 0.3) is 5.69 Å². The van der Waals surface area contributed by atoms with Crippen molar-refractivity contribution in [1.29, 1.82) is 0 Å². The first-order chi connectivity index (χ1) is 15.1. The minimum absolute atomic E-state index is 0.0903. The van der Waals surface area contributed by atoms with Gasteiger partial charge in [0.2, 0.25) is 0 Å². The van der Waals surface area contributed by atoms with Crippen molar-refractivity contribution < 1.29 is 4.92 Å². The van der Waals surface area contributed by atoms with Crippen molar-refractivity contribution in [3.63, 3.8) is 0 Å². The van der Waals surface area contributed by atoms with Crippen LogP contribution in [0.5, 0.6) is 0 Å². The Hall–Kier alpha value is -3.38. The van der Waals surface area contributed by atoms with Gasteiger partial charge in [-0.3, -0.25) is 10.1 Å². The Bertz CT molecular complexity index is 971. The SMILES string of the molecule is CN1CCCN(c2ccc([N+](=O)[O-])c(NC(c3ccccc3)c3ccccc3)c2)CC1. The summed E-state index contributed by atoms with van der Waals surface area (Å²) in [7, 11) is 2.14. The Labute approximate surface area is 183 Å². The first-order valence-corrected chi connectivity index (χ1v) is 10.7. The molecule has 31 heavy (non-hydrogen) atoms. The third-order valence-electron chi connectivity index (χ3n) is 5.83. The van der Waals surface area contributed by atoms with Gasteiger partial charge in [-0.1, -0.05) is 60.7 Å². The number of nitro groups is 1. The van der Waals surface area contributed by atoms with Crippen LogP contribution >= 0.6 is 0 Å². The number of nitrogens with zero attached hydrogens (tertiary/aromatic N) is 3. The molecule has 0 aromatic heterocycles. The number of rotatable bonds is 6. The molecule has 0 atom stereocenters. The first kappa shape index (κ1) is 20.9. The molecule has 6 nitrogen and oxygen atoms in total. The number of hydrogen-bond donors (Lipinski definition) is 1. The average Bonchev–Trinajstić information content (AvgIpc) is 3.03. The molecule has 1 N–H and O–H groups in total. The number of anilines is 2. The molecule has 0 aliphatic carbocycles. The zero-order chi connectivity index (χ0) is 21.6. The number of likely N-dealkylation sites (N-methyl/N-ethyl adjacent to an activating group) is 1. The Kier molecular flexibility index (Phi) is 6.48. The van der Waals surface area contributed by atoms with E-state index in [0.717, 1.165) is 49.4 Å². The van der Waals surface area contributed by atoms with Crippen LogP contribution in [-0.2, 0) is 0 Å². The predicted molar refractivity (Wildman–Crippen MR) is 126 cm³/mol. The second-order valence-electron chi connectivity index (χ2n) is 8.00. The number of hydrogen-bond acceptors (Lipinski definition) is 5. The Morgan fingerprint density at radius 3 is 2.13 bits per heavy atom. The molecule has 1 fully saturated rings. The van der Waals surface area contributed by atoms with E-state index < -0.39 is 0 Å². The lowest BCUT2D eigenvalue weighted by atomic mass is 9.98. The average molecular weight is 417 g/mol. The van der Waals surface area contributed by atoms with Crippen LogP contribution in [0.25, 0.3) is 0 Å². The van der Waals surface area contributed by atoms with E-state index in [9.17, 15) is 10.1 Å². The van der Waals surface area contributed by atoms with Crippen LogP contribution in [0.1, 0.15) is 23.6 Å². The number of nitro benzene ring substituents is 1. The number of benzene rings is 3. The lowest BCUT2D eigenvalue weighted by molar-refractivity contribution is -0.384. The summed E-state index contributed by atoms with van der Waals surface area (Å²) in [5, 5.41) is 15.3. The predicted octanol–water partition coefficient (Wildman–Crippen LogP) is 4.94. The van der Waals surface area contributed by atoms with E-state index in [2.05, 4.69) is 22.2 Å². The molecule has 4 rings (SSSR count). The molecule has 0 spiro atoms. The summed E-state index contributed by atoms with van der Waals surface area (Å²) in [4.78, 5) is 16.1. The third-order valence-corrected chi connectivity index (χ3v) is 5.83. The van der Waals surface area contributed by atoms with E-state index in [-0.39, 0.29) is 16.7 Å². The highest BCUT2D eigenvalue weighted by Gasteiger charge is 2.22. The largest absolute Gasteiger partial charge is 0.370 e. The monoisotopic (exact) mass is 416 g/mol. The van der Waals surface area contributed by atoms with E-state index in [1.165, 1.54) is 0 Å². The highest BCUT2D eigenvalue weighted by atomic mass is 16.6. The molecule has 1 saturated heterocycles. The van der Waals surface area contributed by atoms with Crippen LogP contribution in [0, 0.1) is 10.1 Å². The summed E-state index contributed by atoms with van der Waals surface area (Å²) in [5.74, 6) is 0. The summed E-state index contributed by atoms with van der Waals surface area (Å²) in [6.45, 7) is 3.91. The van der Waals surface area contributed by atoms with Gasteiger partial charge in [-0.05, 0) is 43.3 Å². The van der Waals surface area contributed by atoms with Gasteiger partial charge in [-0.2, -0.15) is 0 Å². The molecule has 1 aliphatic heterocycles. The number of nitrogens with one attached hydrogen (secondary N) is 1. The van der Waals surface area contributed by atoms with Gasteiger partial charge in [-0.15, -0.1) is 0 Å². The molecule has 160 valence electrons. The van der Waals surface area contributed by atoms with Gasteiger partial charge in [-0.25, -0.2) is 0 Å². The third kappa shape index (κ3) is 5.03. The summed E-state index contributed by atoms with van der Waals surface area (Å²) < 4.78 is 0. The van der Waals surface area contributed by atoms with Crippen molar-refractivity contribution in [2.75, 3.05) is 43.4 Å². The van der Waals surface area contributed by atoms with E-state index in [1.807, 2.05) is 72.8 Å². The lowest BCUT2D eigenvalue weighted by Crippen LogP contribution is -2.28. The minimum Gasteiger partial charge on any atom is -0.370 e. The van der Waals surface area contributed by atoms with Gasteiger partial charge < -0.3 is 15.1 Å². The Morgan fingerprint density at radius 1 is 0.871 bits per heavy atom. The summed E-state index contributed by atoms with van der Waals surface area (Å²) in [6, 6.07) is 25.3.